The topological polar surface area (TPSA) is 17.1 Å². The maximum Gasteiger partial charge on any atom is 0.141 e. The third-order valence-electron chi connectivity index (χ3n) is 3.64. The van der Waals surface area contributed by atoms with Gasteiger partial charge in [-0.3, -0.25) is 4.79 Å². The fourth-order valence-corrected chi connectivity index (χ4v) is 4.72. The minimum Gasteiger partial charge on any atom is -0.299 e. The molecule has 0 aliphatic carbocycles. The first-order chi connectivity index (χ1) is 6.97. The van der Waals surface area contributed by atoms with Crippen molar-refractivity contribution in [1.82, 2.24) is 0 Å². The summed E-state index contributed by atoms with van der Waals surface area (Å²) in [6.45, 7) is 6.19. The first kappa shape index (κ1) is 11.5. The Morgan fingerprint density at radius 1 is 1.13 bits per heavy atom. The molecule has 2 aliphatic heterocycles. The van der Waals surface area contributed by atoms with Crippen LogP contribution in [-0.4, -0.2) is 16.3 Å². The van der Waals surface area contributed by atoms with Gasteiger partial charge in [0.2, 0.25) is 0 Å². The predicted molar refractivity (Wildman–Crippen MR) is 66.2 cm³/mol. The van der Waals surface area contributed by atoms with E-state index < -0.39 is 0 Å². The highest BCUT2D eigenvalue weighted by atomic mass is 32.2. The first-order valence-corrected chi connectivity index (χ1v) is 7.11. The van der Waals surface area contributed by atoms with Crippen LogP contribution in [0.1, 0.15) is 52.9 Å². The quantitative estimate of drug-likeness (QED) is 0.678. The van der Waals surface area contributed by atoms with Crippen LogP contribution in [0.5, 0.6) is 0 Å². The molecule has 0 N–H and O–H groups in total. The van der Waals surface area contributed by atoms with Crippen molar-refractivity contribution in [1.29, 1.82) is 0 Å². The molecule has 0 radical (unpaired) electrons. The summed E-state index contributed by atoms with van der Waals surface area (Å²) in [6, 6.07) is 0. The number of carbonyl (C=O) groups is 1. The van der Waals surface area contributed by atoms with Gasteiger partial charge in [-0.2, -0.15) is 11.8 Å². The fourth-order valence-electron chi connectivity index (χ4n) is 2.89. The van der Waals surface area contributed by atoms with Crippen molar-refractivity contribution in [3.63, 3.8) is 0 Å². The van der Waals surface area contributed by atoms with E-state index in [9.17, 15) is 4.79 Å². The Bertz CT molecular complexity index is 242. The summed E-state index contributed by atoms with van der Waals surface area (Å²) in [4.78, 5) is 12.2. The summed E-state index contributed by atoms with van der Waals surface area (Å²) in [7, 11) is 0. The lowest BCUT2D eigenvalue weighted by Crippen LogP contribution is -2.37. The third kappa shape index (κ3) is 2.58. The zero-order valence-corrected chi connectivity index (χ0v) is 10.9. The summed E-state index contributed by atoms with van der Waals surface area (Å²) in [5.41, 5.74) is -0.138. The summed E-state index contributed by atoms with van der Waals surface area (Å²) in [6.07, 6.45) is 6.37. The maximum atomic E-state index is 12.2. The van der Waals surface area contributed by atoms with Crippen LogP contribution < -0.4 is 0 Å². The summed E-state index contributed by atoms with van der Waals surface area (Å²) < 4.78 is 0. The Morgan fingerprint density at radius 2 is 1.67 bits per heavy atom. The Morgan fingerprint density at radius 3 is 2.13 bits per heavy atom. The molecule has 2 heterocycles. The largest absolute Gasteiger partial charge is 0.299 e. The number of Topliss-reactive ketones (excluding diaryl/α,β-unsaturated/α-hetero) is 1. The molecule has 1 nitrogen and oxygen atoms in total. The molecule has 0 aromatic rings. The van der Waals surface area contributed by atoms with Crippen LogP contribution in [0, 0.1) is 11.3 Å². The van der Waals surface area contributed by atoms with Crippen LogP contribution in [0.3, 0.4) is 0 Å². The fraction of sp³-hybridized carbons (Fsp3) is 0.923. The molecule has 0 amide bonds. The van der Waals surface area contributed by atoms with Crippen LogP contribution in [0.2, 0.25) is 0 Å². The lowest BCUT2D eigenvalue weighted by atomic mass is 9.77. The van der Waals surface area contributed by atoms with E-state index in [4.69, 9.17) is 0 Å². The Kier molecular flexibility index (Phi) is 3.16. The molecular formula is C13H22OS. The molecule has 0 saturated carbocycles. The number of thioether (sulfide) groups is 1. The van der Waals surface area contributed by atoms with Gasteiger partial charge in [0.25, 0.3) is 0 Å². The molecule has 2 fully saturated rings. The molecule has 86 valence electrons. The molecule has 2 heteroatoms. The summed E-state index contributed by atoms with van der Waals surface area (Å²) >= 11 is 2.15. The van der Waals surface area contributed by atoms with E-state index in [1.807, 2.05) is 0 Å². The lowest BCUT2D eigenvalue weighted by molar-refractivity contribution is -0.131. The van der Waals surface area contributed by atoms with Crippen molar-refractivity contribution in [2.24, 2.45) is 11.3 Å². The number of ketones is 1. The van der Waals surface area contributed by atoms with Gasteiger partial charge in [0.1, 0.15) is 5.78 Å². The minimum atomic E-state index is -0.138. The molecule has 0 aromatic heterocycles. The molecule has 2 bridgehead atoms. The number of hydrogen-bond acceptors (Lipinski definition) is 2. The van der Waals surface area contributed by atoms with E-state index >= 15 is 0 Å². The molecular weight excluding hydrogens is 204 g/mol. The van der Waals surface area contributed by atoms with E-state index in [0.29, 0.717) is 11.7 Å². The minimum absolute atomic E-state index is 0.138. The van der Waals surface area contributed by atoms with Gasteiger partial charge in [0.15, 0.2) is 0 Å². The monoisotopic (exact) mass is 226 g/mol. The molecule has 15 heavy (non-hydrogen) atoms. The Hall–Kier alpha value is 0.0200. The van der Waals surface area contributed by atoms with Crippen molar-refractivity contribution in [3.8, 4) is 0 Å². The molecule has 2 rings (SSSR count). The van der Waals surface area contributed by atoms with Crippen LogP contribution in [0.25, 0.3) is 0 Å². The molecule has 2 atom stereocenters. The van der Waals surface area contributed by atoms with Gasteiger partial charge in [-0.1, -0.05) is 27.2 Å². The van der Waals surface area contributed by atoms with Gasteiger partial charge >= 0.3 is 0 Å². The number of rotatable bonds is 1. The zero-order chi connectivity index (χ0) is 11.1. The second-order valence-corrected chi connectivity index (χ2v) is 7.70. The van der Waals surface area contributed by atoms with E-state index in [1.165, 1.54) is 19.3 Å². The number of fused-ring (bicyclic) bond motifs is 2. The molecule has 2 unspecified atom stereocenters. The van der Waals surface area contributed by atoms with Gasteiger partial charge in [-0.25, -0.2) is 0 Å². The van der Waals surface area contributed by atoms with Gasteiger partial charge in [0, 0.05) is 21.8 Å². The van der Waals surface area contributed by atoms with Crippen molar-refractivity contribution < 1.29 is 4.79 Å². The highest BCUT2D eigenvalue weighted by molar-refractivity contribution is 8.00. The Labute approximate surface area is 97.4 Å². The van der Waals surface area contributed by atoms with E-state index in [0.717, 1.165) is 23.3 Å². The highest BCUT2D eigenvalue weighted by Crippen LogP contribution is 2.45. The van der Waals surface area contributed by atoms with Crippen molar-refractivity contribution in [3.05, 3.63) is 0 Å². The molecule has 2 saturated heterocycles. The van der Waals surface area contributed by atoms with Gasteiger partial charge < -0.3 is 0 Å². The smallest absolute Gasteiger partial charge is 0.141 e. The SMILES string of the molecule is CC(C)(C)C(=O)C1CC2CCCC(C1)S2. The molecule has 0 aromatic carbocycles. The average molecular weight is 226 g/mol. The predicted octanol–water partition coefficient (Wildman–Crippen LogP) is 3.67. The lowest BCUT2D eigenvalue weighted by Gasteiger charge is -2.39. The standard InChI is InChI=1S/C13H22OS/c1-13(2,3)12(14)9-7-10-5-4-6-11(8-9)15-10/h9-11H,4-8H2,1-3H3. The van der Waals surface area contributed by atoms with Crippen LogP contribution in [0.4, 0.5) is 0 Å². The van der Waals surface area contributed by atoms with Crippen LogP contribution in [-0.2, 0) is 4.79 Å². The first-order valence-electron chi connectivity index (χ1n) is 6.16. The van der Waals surface area contributed by atoms with Crippen molar-refractivity contribution >= 4 is 17.5 Å². The number of carbonyl (C=O) groups excluding carboxylic acids is 1. The van der Waals surface area contributed by atoms with Gasteiger partial charge in [-0.15, -0.1) is 0 Å². The third-order valence-corrected chi connectivity index (χ3v) is 5.27. The van der Waals surface area contributed by atoms with Crippen molar-refractivity contribution in [2.75, 3.05) is 0 Å². The average Bonchev–Trinajstić information content (AvgIpc) is 2.14. The van der Waals surface area contributed by atoms with Crippen LogP contribution in [0.15, 0.2) is 0 Å². The van der Waals surface area contributed by atoms with Crippen LogP contribution >= 0.6 is 11.8 Å². The van der Waals surface area contributed by atoms with Crippen molar-refractivity contribution in [2.45, 2.75) is 63.4 Å². The number of hydrogen-bond donors (Lipinski definition) is 0. The summed E-state index contributed by atoms with van der Waals surface area (Å²) in [5, 5.41) is 1.57. The molecule has 0 spiro atoms. The van der Waals surface area contributed by atoms with E-state index in [2.05, 4.69) is 32.5 Å². The second-order valence-electron chi connectivity index (χ2n) is 6.09. The van der Waals surface area contributed by atoms with Gasteiger partial charge in [-0.05, 0) is 25.7 Å². The zero-order valence-electron chi connectivity index (χ0n) is 10.1. The highest BCUT2D eigenvalue weighted by Gasteiger charge is 2.38. The second kappa shape index (κ2) is 4.12. The van der Waals surface area contributed by atoms with E-state index in [-0.39, 0.29) is 5.41 Å². The van der Waals surface area contributed by atoms with E-state index in [1.54, 1.807) is 0 Å². The normalized spacial score (nSPS) is 36.3. The summed E-state index contributed by atoms with van der Waals surface area (Å²) in [5.74, 6) is 0.862. The molecule has 2 aliphatic rings. The maximum absolute atomic E-state index is 12.2. The van der Waals surface area contributed by atoms with Gasteiger partial charge in [0.05, 0.1) is 0 Å². The Balaban J connectivity index is 2.02.